The van der Waals surface area contributed by atoms with Crippen molar-refractivity contribution in [2.45, 2.75) is 130 Å². The van der Waals surface area contributed by atoms with Gasteiger partial charge in [0.1, 0.15) is 0 Å². The van der Waals surface area contributed by atoms with Crippen LogP contribution < -0.4 is 5.73 Å². The second-order valence-corrected chi connectivity index (χ2v) is 8.42. The van der Waals surface area contributed by atoms with Crippen molar-refractivity contribution in [3.05, 3.63) is 0 Å². The molecule has 0 aromatic rings. The van der Waals surface area contributed by atoms with Crippen LogP contribution in [0.2, 0.25) is 0 Å². The molecule has 0 spiro atoms. The molecule has 0 atom stereocenters. The number of hydrogen-bond donors (Lipinski definition) is 1. The maximum Gasteiger partial charge on any atom is -0.00258 e. The van der Waals surface area contributed by atoms with Gasteiger partial charge in [0.15, 0.2) is 0 Å². The highest BCUT2D eigenvalue weighted by atomic mass is 14.6. The van der Waals surface area contributed by atoms with E-state index in [1.54, 1.807) is 0 Å². The van der Waals surface area contributed by atoms with Crippen LogP contribution in [0.5, 0.6) is 0 Å². The van der Waals surface area contributed by atoms with E-state index >= 15 is 0 Å². The molecule has 0 bridgehead atoms. The molecular weight excluding hydrogens is 278 g/mol. The fourth-order valence-electron chi connectivity index (χ4n) is 3.25. The number of rotatable bonds is 18. The smallest absolute Gasteiger partial charge is 0.00258 e. The quantitative estimate of drug-likeness (QED) is 0.258. The van der Waals surface area contributed by atoms with Crippen LogP contribution in [0.3, 0.4) is 0 Å². The Morgan fingerprint density at radius 3 is 1.13 bits per heavy atom. The third-order valence-electron chi connectivity index (χ3n) is 5.26. The molecule has 140 valence electrons. The number of unbranched alkanes of at least 4 members (excludes halogenated alkanes) is 15. The second-order valence-electron chi connectivity index (χ2n) is 8.42. The zero-order chi connectivity index (χ0) is 17.2. The maximum atomic E-state index is 5.77. The van der Waals surface area contributed by atoms with Crippen molar-refractivity contribution in [3.63, 3.8) is 0 Å². The number of hydrogen-bond acceptors (Lipinski definition) is 1. The predicted molar refractivity (Wildman–Crippen MR) is 107 cm³/mol. The molecule has 1 heteroatoms. The van der Waals surface area contributed by atoms with Gasteiger partial charge in [-0.15, -0.1) is 0 Å². The summed E-state index contributed by atoms with van der Waals surface area (Å²) in [7, 11) is 0. The average molecular weight is 326 g/mol. The summed E-state index contributed by atoms with van der Waals surface area (Å²) in [4.78, 5) is 0. The molecule has 23 heavy (non-hydrogen) atoms. The van der Waals surface area contributed by atoms with Crippen molar-refractivity contribution >= 4 is 0 Å². The maximum absolute atomic E-state index is 5.77. The third-order valence-corrected chi connectivity index (χ3v) is 5.26. The molecule has 0 heterocycles. The van der Waals surface area contributed by atoms with Gasteiger partial charge in [-0.25, -0.2) is 0 Å². The molecule has 0 unspecified atom stereocenters. The number of nitrogens with two attached hydrogens (primary N) is 1. The lowest BCUT2D eigenvalue weighted by Gasteiger charge is -2.21. The molecule has 2 N–H and O–H groups in total. The molecule has 0 aromatic carbocycles. The second kappa shape index (κ2) is 16.8. The van der Waals surface area contributed by atoms with Crippen molar-refractivity contribution in [3.8, 4) is 0 Å². The Balaban J connectivity index is 3.05. The van der Waals surface area contributed by atoms with E-state index in [9.17, 15) is 0 Å². The topological polar surface area (TPSA) is 26.0 Å². The first-order valence-electron chi connectivity index (χ1n) is 10.8. The highest BCUT2D eigenvalue weighted by Gasteiger charge is 2.13. The minimum atomic E-state index is 0.357. The van der Waals surface area contributed by atoms with E-state index in [4.69, 9.17) is 5.73 Å². The molecule has 0 aliphatic carbocycles. The van der Waals surface area contributed by atoms with Crippen LogP contribution in [0.1, 0.15) is 130 Å². The van der Waals surface area contributed by atoms with Gasteiger partial charge in [0, 0.05) is 0 Å². The monoisotopic (exact) mass is 325 g/mol. The van der Waals surface area contributed by atoms with Gasteiger partial charge < -0.3 is 5.73 Å². The standard InChI is InChI=1S/C22H47N/c1-4-5-6-7-8-9-10-11-12-13-14-15-16-17-18-19-20-22(2,3)21-23/h4-21,23H2,1-3H3. The van der Waals surface area contributed by atoms with E-state index in [-0.39, 0.29) is 0 Å². The van der Waals surface area contributed by atoms with Crippen molar-refractivity contribution in [1.29, 1.82) is 0 Å². The summed E-state index contributed by atoms with van der Waals surface area (Å²) in [6, 6.07) is 0. The van der Waals surface area contributed by atoms with E-state index in [0.29, 0.717) is 5.41 Å². The lowest BCUT2D eigenvalue weighted by Crippen LogP contribution is -2.23. The molecule has 0 saturated heterocycles. The predicted octanol–water partition coefficient (Wildman–Crippen LogP) is 7.62. The molecule has 0 aliphatic rings. The molecule has 0 saturated carbocycles. The van der Waals surface area contributed by atoms with Crippen LogP contribution >= 0.6 is 0 Å². The molecule has 0 radical (unpaired) electrons. The Morgan fingerprint density at radius 1 is 0.522 bits per heavy atom. The molecule has 0 amide bonds. The van der Waals surface area contributed by atoms with Crippen molar-refractivity contribution in [2.24, 2.45) is 11.1 Å². The van der Waals surface area contributed by atoms with Gasteiger partial charge in [0.05, 0.1) is 0 Å². The SMILES string of the molecule is CCCCCCCCCCCCCCCCCCC(C)(C)CN. The minimum absolute atomic E-state index is 0.357. The minimum Gasteiger partial charge on any atom is -0.330 e. The first kappa shape index (κ1) is 23.0. The van der Waals surface area contributed by atoms with E-state index in [1.165, 1.54) is 109 Å². The summed E-state index contributed by atoms with van der Waals surface area (Å²) >= 11 is 0. The van der Waals surface area contributed by atoms with Crippen molar-refractivity contribution < 1.29 is 0 Å². The fraction of sp³-hybridized carbons (Fsp3) is 1.00. The summed E-state index contributed by atoms with van der Waals surface area (Å²) in [5.74, 6) is 0. The molecule has 1 nitrogen and oxygen atoms in total. The normalized spacial score (nSPS) is 12.0. The van der Waals surface area contributed by atoms with Crippen LogP contribution in [-0.4, -0.2) is 6.54 Å². The van der Waals surface area contributed by atoms with Crippen molar-refractivity contribution in [2.75, 3.05) is 6.54 Å². The van der Waals surface area contributed by atoms with E-state index in [1.807, 2.05) is 0 Å². The first-order chi connectivity index (χ1) is 11.1. The lowest BCUT2D eigenvalue weighted by atomic mass is 9.87. The largest absolute Gasteiger partial charge is 0.330 e. The van der Waals surface area contributed by atoms with Crippen molar-refractivity contribution in [1.82, 2.24) is 0 Å². The van der Waals surface area contributed by atoms with Crippen LogP contribution in [0.4, 0.5) is 0 Å². The highest BCUT2D eigenvalue weighted by Crippen LogP contribution is 2.22. The highest BCUT2D eigenvalue weighted by molar-refractivity contribution is 4.68. The first-order valence-corrected chi connectivity index (χ1v) is 10.8. The van der Waals surface area contributed by atoms with Crippen LogP contribution in [0, 0.1) is 5.41 Å². The van der Waals surface area contributed by atoms with E-state index in [2.05, 4.69) is 20.8 Å². The van der Waals surface area contributed by atoms with Gasteiger partial charge in [0.25, 0.3) is 0 Å². The van der Waals surface area contributed by atoms with Gasteiger partial charge in [-0.05, 0) is 18.4 Å². The van der Waals surface area contributed by atoms with Crippen LogP contribution in [0.25, 0.3) is 0 Å². The van der Waals surface area contributed by atoms with Gasteiger partial charge in [-0.3, -0.25) is 0 Å². The Hall–Kier alpha value is -0.0400. The molecule has 0 aromatic heterocycles. The van der Waals surface area contributed by atoms with Gasteiger partial charge in [-0.1, -0.05) is 124 Å². The summed E-state index contributed by atoms with van der Waals surface area (Å²) < 4.78 is 0. The summed E-state index contributed by atoms with van der Waals surface area (Å²) in [5.41, 5.74) is 6.13. The Kier molecular flexibility index (Phi) is 16.8. The molecule has 0 aliphatic heterocycles. The molecular formula is C22H47N. The Bertz CT molecular complexity index is 222. The lowest BCUT2D eigenvalue weighted by molar-refractivity contribution is 0.330. The molecule has 0 fully saturated rings. The fourth-order valence-corrected chi connectivity index (χ4v) is 3.25. The van der Waals surface area contributed by atoms with Gasteiger partial charge >= 0.3 is 0 Å². The molecule has 0 rings (SSSR count). The van der Waals surface area contributed by atoms with E-state index in [0.717, 1.165) is 6.54 Å². The van der Waals surface area contributed by atoms with E-state index < -0.39 is 0 Å². The summed E-state index contributed by atoms with van der Waals surface area (Å²) in [6.45, 7) is 7.70. The van der Waals surface area contributed by atoms with Gasteiger partial charge in [-0.2, -0.15) is 0 Å². The Labute approximate surface area is 148 Å². The van der Waals surface area contributed by atoms with Crippen LogP contribution in [-0.2, 0) is 0 Å². The zero-order valence-electron chi connectivity index (χ0n) is 16.8. The average Bonchev–Trinajstić information content (AvgIpc) is 2.54. The zero-order valence-corrected chi connectivity index (χ0v) is 16.8. The van der Waals surface area contributed by atoms with Crippen LogP contribution in [0.15, 0.2) is 0 Å². The third kappa shape index (κ3) is 18.1. The Morgan fingerprint density at radius 2 is 0.826 bits per heavy atom. The summed E-state index contributed by atoms with van der Waals surface area (Å²) in [6.07, 6.45) is 24.4. The van der Waals surface area contributed by atoms with Gasteiger partial charge in [0.2, 0.25) is 0 Å². The summed E-state index contributed by atoms with van der Waals surface area (Å²) in [5, 5.41) is 0.